The zero-order valence-electron chi connectivity index (χ0n) is 7.68. The first kappa shape index (κ1) is 10.5. The first-order valence-corrected chi connectivity index (χ1v) is 9.29. The summed E-state index contributed by atoms with van der Waals surface area (Å²) >= 11 is 3.58. The number of rotatable bonds is 3. The van der Waals surface area contributed by atoms with E-state index in [-0.39, 0.29) is 18.2 Å². The maximum absolute atomic E-state index is 3.61. The highest BCUT2D eigenvalue weighted by atomic mass is 79.9. The lowest BCUT2D eigenvalue weighted by molar-refractivity contribution is 0.854. The maximum Gasteiger partial charge on any atom is 0.473 e. The fourth-order valence-corrected chi connectivity index (χ4v) is 3.37. The van der Waals surface area contributed by atoms with Crippen LogP contribution in [0.2, 0.25) is 0 Å². The molecule has 0 bridgehead atoms. The molecule has 12 heavy (non-hydrogen) atoms. The second-order valence-electron chi connectivity index (χ2n) is 3.29. The SMILES string of the molecule is CC(C)c1ccccc1[CH2][Mg][Br]. The average molecular weight is 237 g/mol. The van der Waals surface area contributed by atoms with Crippen LogP contribution in [0.3, 0.4) is 0 Å². The fourth-order valence-electron chi connectivity index (χ4n) is 1.43. The molecule has 0 aromatic heterocycles. The molecule has 0 aliphatic rings. The highest BCUT2D eigenvalue weighted by molar-refractivity contribution is 9.23. The van der Waals surface area contributed by atoms with Gasteiger partial charge in [0.2, 0.25) is 0 Å². The number of hydrogen-bond acceptors (Lipinski definition) is 0. The van der Waals surface area contributed by atoms with Gasteiger partial charge < -0.3 is 12.9 Å². The van der Waals surface area contributed by atoms with E-state index in [0.29, 0.717) is 5.92 Å². The molecule has 0 N–H and O–H groups in total. The second-order valence-corrected chi connectivity index (χ2v) is 6.55. The Balaban J connectivity index is 2.92. The molecule has 1 aromatic carbocycles. The molecule has 0 spiro atoms. The minimum absolute atomic E-state index is 0.0252. The van der Waals surface area contributed by atoms with Crippen LogP contribution >= 0.6 is 12.9 Å². The summed E-state index contributed by atoms with van der Waals surface area (Å²) in [5.41, 5.74) is 3.06. The van der Waals surface area contributed by atoms with Gasteiger partial charge in [0.25, 0.3) is 0 Å². The average Bonchev–Trinajstić information content (AvgIpc) is 2.05. The largest absolute Gasteiger partial charge is 0.473 e. The van der Waals surface area contributed by atoms with Crippen molar-refractivity contribution in [3.63, 3.8) is 0 Å². The van der Waals surface area contributed by atoms with E-state index in [1.54, 1.807) is 0 Å². The molecule has 0 fully saturated rings. The van der Waals surface area contributed by atoms with Crippen LogP contribution in [0.4, 0.5) is 0 Å². The summed E-state index contributed by atoms with van der Waals surface area (Å²) in [5, 5.41) is 0. The molecule has 1 aromatic rings. The Hall–Kier alpha value is 0.466. The van der Waals surface area contributed by atoms with Gasteiger partial charge in [0.15, 0.2) is 0 Å². The third kappa shape index (κ3) is 2.75. The Morgan fingerprint density at radius 3 is 2.58 bits per heavy atom. The molecule has 0 heterocycles. The van der Waals surface area contributed by atoms with Gasteiger partial charge in [-0.05, 0) is 11.5 Å². The van der Waals surface area contributed by atoms with Gasteiger partial charge in [-0.15, -0.1) is 4.55 Å². The Morgan fingerprint density at radius 2 is 2.00 bits per heavy atom. The van der Waals surface area contributed by atoms with E-state index in [9.17, 15) is 0 Å². The Kier molecular flexibility index (Phi) is 4.61. The van der Waals surface area contributed by atoms with Crippen molar-refractivity contribution in [2.45, 2.75) is 24.3 Å². The van der Waals surface area contributed by atoms with Crippen LogP contribution in [0.15, 0.2) is 24.3 Å². The first-order chi connectivity index (χ1) is 5.75. The Labute approximate surface area is 90.3 Å². The van der Waals surface area contributed by atoms with E-state index in [4.69, 9.17) is 0 Å². The molecule has 0 aliphatic heterocycles. The molecular weight excluding hydrogens is 224 g/mol. The van der Waals surface area contributed by atoms with Crippen LogP contribution in [-0.4, -0.2) is 18.2 Å². The summed E-state index contributed by atoms with van der Waals surface area (Å²) in [6, 6.07) is 8.77. The van der Waals surface area contributed by atoms with Crippen molar-refractivity contribution in [2.75, 3.05) is 0 Å². The molecule has 0 saturated carbocycles. The lowest BCUT2D eigenvalue weighted by Gasteiger charge is -2.10. The zero-order valence-corrected chi connectivity index (χ0v) is 10.7. The minimum atomic E-state index is -0.0252. The molecule has 2 heteroatoms. The predicted octanol–water partition coefficient (Wildman–Crippen LogP) is 3.32. The summed E-state index contributed by atoms with van der Waals surface area (Å²) in [5.74, 6) is 0.661. The second kappa shape index (κ2) is 5.25. The number of halogens is 1. The molecule has 0 nitrogen and oxygen atoms in total. The summed E-state index contributed by atoms with van der Waals surface area (Å²) in [4.78, 5) is 0. The topological polar surface area (TPSA) is 0 Å². The van der Waals surface area contributed by atoms with Gasteiger partial charge in [-0.2, -0.15) is 0 Å². The zero-order chi connectivity index (χ0) is 8.97. The normalized spacial score (nSPS) is 10.0. The van der Waals surface area contributed by atoms with E-state index in [0.717, 1.165) is 0 Å². The summed E-state index contributed by atoms with van der Waals surface area (Å²) in [6.45, 7) is 4.52. The third-order valence-corrected chi connectivity index (χ3v) is 3.96. The highest BCUT2D eigenvalue weighted by Gasteiger charge is 2.04. The van der Waals surface area contributed by atoms with Crippen molar-refractivity contribution in [3.05, 3.63) is 35.4 Å². The van der Waals surface area contributed by atoms with E-state index < -0.39 is 0 Å². The molecule has 0 amide bonds. The van der Waals surface area contributed by atoms with Crippen molar-refractivity contribution in [3.8, 4) is 0 Å². The molecule has 0 saturated heterocycles. The number of hydrogen-bond donors (Lipinski definition) is 0. The molecular formula is C10H13BrMg. The van der Waals surface area contributed by atoms with Crippen molar-refractivity contribution >= 4 is 31.1 Å². The lowest BCUT2D eigenvalue weighted by Crippen LogP contribution is -1.97. The van der Waals surface area contributed by atoms with Crippen LogP contribution in [0, 0.1) is 0 Å². The van der Waals surface area contributed by atoms with Gasteiger partial charge in [-0.1, -0.05) is 43.7 Å². The van der Waals surface area contributed by atoms with Crippen molar-refractivity contribution in [1.82, 2.24) is 0 Å². The van der Waals surface area contributed by atoms with E-state index in [1.807, 2.05) is 0 Å². The van der Waals surface area contributed by atoms with Crippen LogP contribution in [0.1, 0.15) is 30.9 Å². The first-order valence-electron chi connectivity index (χ1n) is 4.39. The Morgan fingerprint density at radius 1 is 1.33 bits per heavy atom. The monoisotopic (exact) mass is 236 g/mol. The summed E-state index contributed by atoms with van der Waals surface area (Å²) < 4.78 is 1.27. The van der Waals surface area contributed by atoms with Gasteiger partial charge in [-0.25, -0.2) is 0 Å². The van der Waals surface area contributed by atoms with Crippen LogP contribution in [0.25, 0.3) is 0 Å². The standard InChI is InChI=1S/C10H13.BrH.Mg/c1-8(2)10-7-5-4-6-9(10)3;;/h4-8H,3H2,1-2H3;1H;/q;;+1/p-1. The molecule has 1 rings (SSSR count). The van der Waals surface area contributed by atoms with E-state index >= 15 is 0 Å². The van der Waals surface area contributed by atoms with Crippen LogP contribution in [-0.2, 0) is 4.55 Å². The van der Waals surface area contributed by atoms with Crippen molar-refractivity contribution in [2.24, 2.45) is 0 Å². The van der Waals surface area contributed by atoms with E-state index in [2.05, 4.69) is 51.0 Å². The highest BCUT2D eigenvalue weighted by Crippen LogP contribution is 2.19. The molecule has 0 atom stereocenters. The minimum Gasteiger partial charge on any atom is -0.306 e. The van der Waals surface area contributed by atoms with Gasteiger partial charge in [-0.3, -0.25) is 0 Å². The molecule has 0 aliphatic carbocycles. The molecule has 62 valence electrons. The predicted molar refractivity (Wildman–Crippen MR) is 58.9 cm³/mol. The van der Waals surface area contributed by atoms with Crippen molar-refractivity contribution < 1.29 is 0 Å². The maximum atomic E-state index is 3.61. The van der Waals surface area contributed by atoms with Gasteiger partial charge in [0.1, 0.15) is 0 Å². The van der Waals surface area contributed by atoms with Crippen molar-refractivity contribution in [1.29, 1.82) is 0 Å². The quantitative estimate of drug-likeness (QED) is 0.708. The van der Waals surface area contributed by atoms with Gasteiger partial charge in [0.05, 0.1) is 0 Å². The van der Waals surface area contributed by atoms with E-state index in [1.165, 1.54) is 15.7 Å². The number of benzene rings is 1. The van der Waals surface area contributed by atoms with Gasteiger partial charge in [0, 0.05) is 0 Å². The summed E-state index contributed by atoms with van der Waals surface area (Å²) in [6.07, 6.45) is 0. The van der Waals surface area contributed by atoms with Crippen LogP contribution < -0.4 is 0 Å². The summed E-state index contributed by atoms with van der Waals surface area (Å²) in [7, 11) is 0. The van der Waals surface area contributed by atoms with Crippen LogP contribution in [0.5, 0.6) is 0 Å². The fraction of sp³-hybridized carbons (Fsp3) is 0.400. The Bertz CT molecular complexity index is 245. The third-order valence-electron chi connectivity index (χ3n) is 2.04. The smallest absolute Gasteiger partial charge is 0.306 e. The molecule has 0 unspecified atom stereocenters. The molecule has 0 radical (unpaired) electrons. The lowest BCUT2D eigenvalue weighted by atomic mass is 9.98. The van der Waals surface area contributed by atoms with Gasteiger partial charge >= 0.3 is 18.2 Å².